The third kappa shape index (κ3) is 3.67. The molecular weight excluding hydrogens is 332 g/mol. The number of ether oxygens (including phenoxy) is 4. The van der Waals surface area contributed by atoms with Crippen LogP contribution in [0.25, 0.3) is 6.08 Å². The maximum Gasteiger partial charge on any atom is 0.196 e. The zero-order valence-corrected chi connectivity index (χ0v) is 15.2. The Labute approximate surface area is 153 Å². The molecule has 0 fully saturated rings. The van der Waals surface area contributed by atoms with Gasteiger partial charge in [-0.25, -0.2) is 0 Å². The summed E-state index contributed by atoms with van der Waals surface area (Å²) in [6, 6.07) is 10.8. The fourth-order valence-electron chi connectivity index (χ4n) is 2.75. The van der Waals surface area contributed by atoms with Crippen molar-refractivity contribution < 1.29 is 23.7 Å². The Morgan fingerprint density at radius 3 is 2.65 bits per heavy atom. The largest absolute Gasteiger partial charge is 0.497 e. The predicted octanol–water partition coefficient (Wildman–Crippen LogP) is 4.15. The highest BCUT2D eigenvalue weighted by Crippen LogP contribution is 2.33. The Balaban J connectivity index is 1.91. The first-order valence-corrected chi connectivity index (χ1v) is 8.53. The molecule has 0 aromatic heterocycles. The Kier molecular flexibility index (Phi) is 5.46. The number of methoxy groups -OCH3 is 2. The molecule has 1 heterocycles. The van der Waals surface area contributed by atoms with E-state index in [9.17, 15) is 4.79 Å². The lowest BCUT2D eigenvalue weighted by atomic mass is 9.98. The highest BCUT2D eigenvalue weighted by atomic mass is 16.5. The average molecular weight is 354 g/mol. The number of ketones is 1. The van der Waals surface area contributed by atoms with E-state index < -0.39 is 0 Å². The van der Waals surface area contributed by atoms with Crippen molar-refractivity contribution >= 4 is 11.9 Å². The number of Topliss-reactive ketones (excluding diaryl/α,β-unsaturated/α-hetero) is 1. The van der Waals surface area contributed by atoms with Gasteiger partial charge in [-0.15, -0.1) is 0 Å². The van der Waals surface area contributed by atoms with E-state index in [0.29, 0.717) is 40.7 Å². The second-order valence-corrected chi connectivity index (χ2v) is 5.91. The van der Waals surface area contributed by atoms with Crippen molar-refractivity contribution in [3.05, 3.63) is 53.1 Å². The summed E-state index contributed by atoms with van der Waals surface area (Å²) < 4.78 is 22.0. The lowest BCUT2D eigenvalue weighted by molar-refractivity contribution is 0.100. The molecule has 0 atom stereocenters. The standard InChI is InChI=1S/C21H22O5/c1-4-9-25-20-11-14(5-7-19(20)24-3)10-15-13-26-18-8-6-16(23-2)12-17(18)21(15)22/h5-8,10-12H,4,9,13H2,1-3H3. The zero-order valence-electron chi connectivity index (χ0n) is 15.2. The molecule has 0 saturated heterocycles. The van der Waals surface area contributed by atoms with E-state index in [1.54, 1.807) is 32.4 Å². The first-order chi connectivity index (χ1) is 12.7. The molecule has 2 aromatic carbocycles. The third-order valence-electron chi connectivity index (χ3n) is 4.10. The summed E-state index contributed by atoms with van der Waals surface area (Å²) in [5.74, 6) is 2.48. The Hall–Kier alpha value is -2.95. The van der Waals surface area contributed by atoms with E-state index in [4.69, 9.17) is 18.9 Å². The molecular formula is C21H22O5. The number of benzene rings is 2. The Morgan fingerprint density at radius 2 is 1.92 bits per heavy atom. The van der Waals surface area contributed by atoms with Crippen LogP contribution in [-0.4, -0.2) is 33.2 Å². The molecule has 0 radical (unpaired) electrons. The van der Waals surface area contributed by atoms with Gasteiger partial charge in [0, 0.05) is 5.57 Å². The molecule has 0 spiro atoms. The number of carbonyl (C=O) groups excluding carboxylic acids is 1. The van der Waals surface area contributed by atoms with Crippen molar-refractivity contribution in [1.29, 1.82) is 0 Å². The van der Waals surface area contributed by atoms with Crippen molar-refractivity contribution in [2.75, 3.05) is 27.4 Å². The number of hydrogen-bond acceptors (Lipinski definition) is 5. The van der Waals surface area contributed by atoms with Crippen LogP contribution >= 0.6 is 0 Å². The van der Waals surface area contributed by atoms with E-state index in [2.05, 4.69) is 0 Å². The summed E-state index contributed by atoms with van der Waals surface area (Å²) >= 11 is 0. The second kappa shape index (κ2) is 7.95. The molecule has 1 aliphatic rings. The van der Waals surface area contributed by atoms with Gasteiger partial charge in [0.05, 0.1) is 26.4 Å². The minimum atomic E-state index is -0.0583. The quantitative estimate of drug-likeness (QED) is 0.730. The maximum atomic E-state index is 12.8. The molecule has 0 aliphatic carbocycles. The van der Waals surface area contributed by atoms with Gasteiger partial charge >= 0.3 is 0 Å². The van der Waals surface area contributed by atoms with E-state index in [1.165, 1.54) is 0 Å². The molecule has 0 bridgehead atoms. The number of fused-ring (bicyclic) bond motifs is 1. The summed E-state index contributed by atoms with van der Waals surface area (Å²) in [6.07, 6.45) is 2.72. The van der Waals surface area contributed by atoms with E-state index >= 15 is 0 Å². The van der Waals surface area contributed by atoms with Crippen LogP contribution in [-0.2, 0) is 0 Å². The van der Waals surface area contributed by atoms with Crippen LogP contribution in [0.1, 0.15) is 29.3 Å². The molecule has 0 amide bonds. The SMILES string of the molecule is CCCOc1cc(C=C2COc3ccc(OC)cc3C2=O)ccc1OC. The van der Waals surface area contributed by atoms with Gasteiger partial charge < -0.3 is 18.9 Å². The number of hydrogen-bond donors (Lipinski definition) is 0. The van der Waals surface area contributed by atoms with Gasteiger partial charge in [-0.05, 0) is 48.4 Å². The predicted molar refractivity (Wildman–Crippen MR) is 99.6 cm³/mol. The Morgan fingerprint density at radius 1 is 1.08 bits per heavy atom. The van der Waals surface area contributed by atoms with E-state index in [-0.39, 0.29) is 12.4 Å². The van der Waals surface area contributed by atoms with Crippen LogP contribution in [0.2, 0.25) is 0 Å². The summed E-state index contributed by atoms with van der Waals surface area (Å²) in [5, 5.41) is 0. The van der Waals surface area contributed by atoms with Gasteiger partial charge in [0.25, 0.3) is 0 Å². The first kappa shape index (κ1) is 17.9. The highest BCUT2D eigenvalue weighted by molar-refractivity contribution is 6.14. The van der Waals surface area contributed by atoms with Crippen molar-refractivity contribution in [3.8, 4) is 23.0 Å². The lowest BCUT2D eigenvalue weighted by Crippen LogP contribution is -2.19. The molecule has 136 valence electrons. The van der Waals surface area contributed by atoms with Gasteiger partial charge in [-0.1, -0.05) is 13.0 Å². The summed E-state index contributed by atoms with van der Waals surface area (Å²) in [7, 11) is 3.18. The minimum Gasteiger partial charge on any atom is -0.497 e. The summed E-state index contributed by atoms with van der Waals surface area (Å²) in [5.41, 5.74) is 1.95. The lowest BCUT2D eigenvalue weighted by Gasteiger charge is -2.19. The number of rotatable bonds is 6. The summed E-state index contributed by atoms with van der Waals surface area (Å²) in [4.78, 5) is 12.8. The molecule has 1 aliphatic heterocycles. The summed E-state index contributed by atoms with van der Waals surface area (Å²) in [6.45, 7) is 2.88. The van der Waals surface area contributed by atoms with Crippen LogP contribution in [0.15, 0.2) is 42.0 Å². The molecule has 0 N–H and O–H groups in total. The molecule has 0 saturated carbocycles. The topological polar surface area (TPSA) is 54.0 Å². The molecule has 5 heteroatoms. The normalized spacial score (nSPS) is 14.6. The van der Waals surface area contributed by atoms with Crippen LogP contribution in [0.5, 0.6) is 23.0 Å². The molecule has 5 nitrogen and oxygen atoms in total. The van der Waals surface area contributed by atoms with Gasteiger partial charge in [0.1, 0.15) is 18.1 Å². The second-order valence-electron chi connectivity index (χ2n) is 5.91. The van der Waals surface area contributed by atoms with Crippen molar-refractivity contribution in [1.82, 2.24) is 0 Å². The van der Waals surface area contributed by atoms with E-state index in [0.717, 1.165) is 12.0 Å². The van der Waals surface area contributed by atoms with Crippen molar-refractivity contribution in [2.45, 2.75) is 13.3 Å². The molecule has 0 unspecified atom stereocenters. The van der Waals surface area contributed by atoms with E-state index in [1.807, 2.05) is 31.2 Å². The first-order valence-electron chi connectivity index (χ1n) is 8.53. The van der Waals surface area contributed by atoms with Crippen LogP contribution in [0.3, 0.4) is 0 Å². The zero-order chi connectivity index (χ0) is 18.5. The monoisotopic (exact) mass is 354 g/mol. The van der Waals surface area contributed by atoms with Crippen molar-refractivity contribution in [3.63, 3.8) is 0 Å². The minimum absolute atomic E-state index is 0.0583. The molecule has 2 aromatic rings. The smallest absolute Gasteiger partial charge is 0.196 e. The highest BCUT2D eigenvalue weighted by Gasteiger charge is 2.24. The van der Waals surface area contributed by atoms with Crippen LogP contribution in [0.4, 0.5) is 0 Å². The van der Waals surface area contributed by atoms with Gasteiger partial charge in [-0.2, -0.15) is 0 Å². The van der Waals surface area contributed by atoms with Gasteiger partial charge in [0.2, 0.25) is 0 Å². The Bertz CT molecular complexity index is 838. The van der Waals surface area contributed by atoms with Gasteiger partial charge in [-0.3, -0.25) is 4.79 Å². The molecule has 3 rings (SSSR count). The third-order valence-corrected chi connectivity index (χ3v) is 4.10. The van der Waals surface area contributed by atoms with Crippen molar-refractivity contribution in [2.24, 2.45) is 0 Å². The maximum absolute atomic E-state index is 12.8. The van der Waals surface area contributed by atoms with Crippen LogP contribution in [0, 0.1) is 0 Å². The molecule has 26 heavy (non-hydrogen) atoms. The fraction of sp³-hybridized carbons (Fsp3) is 0.286. The fourth-order valence-corrected chi connectivity index (χ4v) is 2.75. The number of carbonyl (C=O) groups is 1. The van der Waals surface area contributed by atoms with Crippen LogP contribution < -0.4 is 18.9 Å². The average Bonchev–Trinajstić information content (AvgIpc) is 2.68. The van der Waals surface area contributed by atoms with Gasteiger partial charge in [0.15, 0.2) is 17.3 Å².